The van der Waals surface area contributed by atoms with E-state index in [2.05, 4.69) is 15.9 Å². The van der Waals surface area contributed by atoms with E-state index in [9.17, 15) is 17.6 Å². The topological polar surface area (TPSA) is 18.5 Å². The number of hydrogen-bond acceptors (Lipinski definition) is 2. The Bertz CT molecular complexity index is 604. The first-order valence-corrected chi connectivity index (χ1v) is 7.31. The van der Waals surface area contributed by atoms with Crippen molar-refractivity contribution in [1.29, 1.82) is 0 Å². The van der Waals surface area contributed by atoms with Gasteiger partial charge in [0.2, 0.25) is 0 Å². The van der Waals surface area contributed by atoms with E-state index in [4.69, 9.17) is 9.31 Å². The molecule has 1 saturated heterocycles. The molecule has 1 aromatic carbocycles. The van der Waals surface area contributed by atoms with Crippen LogP contribution in [0.25, 0.3) is 6.08 Å². The molecule has 1 aliphatic rings. The highest BCUT2D eigenvalue weighted by atomic mass is 79.9. The largest absolute Gasteiger partial charge is 0.525 e. The third-order valence-corrected chi connectivity index (χ3v) is 4.48. The highest BCUT2D eigenvalue weighted by molar-refractivity contribution is 9.10. The molecule has 1 fully saturated rings. The van der Waals surface area contributed by atoms with Crippen molar-refractivity contribution < 1.29 is 26.9 Å². The van der Waals surface area contributed by atoms with Crippen molar-refractivity contribution in [3.05, 3.63) is 39.3 Å². The van der Waals surface area contributed by atoms with E-state index in [0.717, 1.165) is 0 Å². The summed E-state index contributed by atoms with van der Waals surface area (Å²) in [6, 6.07) is 0.634. The highest BCUT2D eigenvalue weighted by Gasteiger charge is 2.53. The molecule has 0 amide bonds. The zero-order valence-electron chi connectivity index (χ0n) is 12.4. The van der Waals surface area contributed by atoms with Gasteiger partial charge >= 0.3 is 7.12 Å². The van der Waals surface area contributed by atoms with Crippen LogP contribution in [0.4, 0.5) is 17.6 Å². The molecule has 8 heteroatoms. The van der Waals surface area contributed by atoms with Crippen molar-refractivity contribution in [2.24, 2.45) is 0 Å². The van der Waals surface area contributed by atoms with E-state index in [1.807, 2.05) is 0 Å². The molecule has 2 nitrogen and oxygen atoms in total. The summed E-state index contributed by atoms with van der Waals surface area (Å²) in [5.74, 6) is -3.88. The molecule has 0 aromatic heterocycles. The zero-order chi connectivity index (χ0) is 16.9. The number of halogens is 5. The van der Waals surface area contributed by atoms with Crippen molar-refractivity contribution in [2.45, 2.75) is 38.9 Å². The maximum Gasteiger partial charge on any atom is 0.525 e. The lowest BCUT2D eigenvalue weighted by atomic mass is 9.86. The Morgan fingerprint density at radius 2 is 1.59 bits per heavy atom. The minimum absolute atomic E-state index is 0.306. The van der Waals surface area contributed by atoms with Crippen LogP contribution < -0.4 is 0 Å². The van der Waals surface area contributed by atoms with Gasteiger partial charge in [0.15, 0.2) is 11.6 Å². The van der Waals surface area contributed by atoms with Gasteiger partial charge in [0.05, 0.1) is 21.2 Å². The normalized spacial score (nSPS) is 20.6. The summed E-state index contributed by atoms with van der Waals surface area (Å²) in [6.45, 7) is 6.83. The van der Waals surface area contributed by atoms with Gasteiger partial charge in [-0.1, -0.05) is 0 Å². The summed E-state index contributed by atoms with van der Waals surface area (Å²) in [6.07, 6.45) is 0.542. The van der Waals surface area contributed by atoms with Crippen molar-refractivity contribution in [3.63, 3.8) is 0 Å². The first-order valence-electron chi connectivity index (χ1n) is 6.52. The molecule has 0 spiro atoms. The number of rotatable bonds is 2. The van der Waals surface area contributed by atoms with E-state index < -0.39 is 47.1 Å². The van der Waals surface area contributed by atoms with E-state index in [0.29, 0.717) is 12.1 Å². The minimum atomic E-state index is -1.48. The monoisotopic (exact) mass is 380 g/mol. The van der Waals surface area contributed by atoms with Crippen LogP contribution in [0.3, 0.4) is 0 Å². The highest BCUT2D eigenvalue weighted by Crippen LogP contribution is 2.39. The van der Waals surface area contributed by atoms with Gasteiger partial charge in [-0.15, -0.1) is 0 Å². The summed E-state index contributed by atoms with van der Waals surface area (Å²) in [7, 11) is -1.41. The van der Waals surface area contributed by atoms with Crippen LogP contribution in [0.5, 0.6) is 0 Å². The maximum absolute atomic E-state index is 14.2. The van der Waals surface area contributed by atoms with E-state index in [1.54, 1.807) is 27.7 Å². The molecule has 0 N–H and O–H groups in total. The average Bonchev–Trinajstić information content (AvgIpc) is 2.61. The molecule has 0 saturated carbocycles. The lowest BCUT2D eigenvalue weighted by Crippen LogP contribution is -2.41. The second kappa shape index (κ2) is 5.65. The molecule has 120 valence electrons. The summed E-state index contributed by atoms with van der Waals surface area (Å²) < 4.78 is 65.6. The quantitative estimate of drug-likeness (QED) is 0.416. The summed E-state index contributed by atoms with van der Waals surface area (Å²) in [4.78, 5) is 0. The van der Waals surface area contributed by atoms with Crippen LogP contribution in [0.15, 0.2) is 16.3 Å². The molecular weight excluding hydrogens is 367 g/mol. The molecule has 22 heavy (non-hydrogen) atoms. The molecule has 0 aliphatic carbocycles. The molecule has 1 heterocycles. The second-order valence-electron chi connectivity index (χ2n) is 6.00. The Morgan fingerprint density at radius 1 is 1.09 bits per heavy atom. The zero-order valence-corrected chi connectivity index (χ0v) is 14.0. The third-order valence-electron chi connectivity index (χ3n) is 3.91. The molecule has 1 aromatic rings. The summed E-state index contributed by atoms with van der Waals surface area (Å²) in [5.41, 5.74) is -3.49. The van der Waals surface area contributed by atoms with Crippen molar-refractivity contribution >= 4 is 29.1 Å². The fourth-order valence-electron chi connectivity index (χ4n) is 1.88. The van der Waals surface area contributed by atoms with Crippen LogP contribution in [-0.4, -0.2) is 18.3 Å². The predicted octanol–water partition coefficient (Wildman–Crippen LogP) is 4.81. The molecular formula is C14H14BBrF4O2. The van der Waals surface area contributed by atoms with E-state index in [-0.39, 0.29) is 4.47 Å². The van der Waals surface area contributed by atoms with Crippen LogP contribution in [-0.2, 0) is 9.31 Å². The van der Waals surface area contributed by atoms with E-state index >= 15 is 0 Å². The van der Waals surface area contributed by atoms with Gasteiger partial charge in [-0.25, -0.2) is 17.6 Å². The van der Waals surface area contributed by atoms with Gasteiger partial charge in [-0.2, -0.15) is 0 Å². The van der Waals surface area contributed by atoms with Crippen LogP contribution >= 0.6 is 15.9 Å². The summed E-state index contributed by atoms with van der Waals surface area (Å²) >= 11 is 2.74. The number of benzene rings is 1. The standard InChI is InChI=1S/C14H14BBrF4O2/c1-13(2)14(3,4)22-15(21-13)10(18)5-7-11(19)8(16)6-9(17)12(7)20/h5-6H,1-4H3. The molecule has 0 bridgehead atoms. The second-order valence-corrected chi connectivity index (χ2v) is 6.85. The SMILES string of the molecule is CC1(C)OB(C(F)=Cc2c(F)c(F)cc(Br)c2F)OC1(C)C. The lowest BCUT2D eigenvalue weighted by Gasteiger charge is -2.32. The van der Waals surface area contributed by atoms with Gasteiger partial charge in [0, 0.05) is 0 Å². The van der Waals surface area contributed by atoms with Gasteiger partial charge in [-0.3, -0.25) is 0 Å². The Hall–Kier alpha value is -0.855. The van der Waals surface area contributed by atoms with Gasteiger partial charge in [-0.05, 0) is 55.8 Å². The Kier molecular flexibility index (Phi) is 4.50. The molecule has 0 atom stereocenters. The Balaban J connectivity index is 2.40. The van der Waals surface area contributed by atoms with Crippen LogP contribution in [0.2, 0.25) is 0 Å². The molecule has 0 unspecified atom stereocenters. The first kappa shape index (κ1) is 17.5. The third kappa shape index (κ3) is 2.96. The van der Waals surface area contributed by atoms with Crippen LogP contribution in [0.1, 0.15) is 33.3 Å². The van der Waals surface area contributed by atoms with E-state index in [1.165, 1.54) is 0 Å². The van der Waals surface area contributed by atoms with Crippen molar-refractivity contribution in [2.75, 3.05) is 0 Å². The average molecular weight is 381 g/mol. The predicted molar refractivity (Wildman–Crippen MR) is 79.2 cm³/mol. The molecule has 2 rings (SSSR count). The van der Waals surface area contributed by atoms with Gasteiger partial charge < -0.3 is 9.31 Å². The van der Waals surface area contributed by atoms with Crippen molar-refractivity contribution in [1.82, 2.24) is 0 Å². The summed E-state index contributed by atoms with van der Waals surface area (Å²) in [5, 5.41) is 0. The fraction of sp³-hybridized carbons (Fsp3) is 0.429. The fourth-order valence-corrected chi connectivity index (χ4v) is 2.29. The van der Waals surface area contributed by atoms with Crippen LogP contribution in [0, 0.1) is 17.5 Å². The molecule has 0 radical (unpaired) electrons. The smallest absolute Gasteiger partial charge is 0.398 e. The minimum Gasteiger partial charge on any atom is -0.398 e. The Morgan fingerprint density at radius 3 is 2.09 bits per heavy atom. The van der Waals surface area contributed by atoms with Gasteiger partial charge in [0.1, 0.15) is 11.5 Å². The number of hydrogen-bond donors (Lipinski definition) is 0. The maximum atomic E-state index is 14.2. The van der Waals surface area contributed by atoms with Gasteiger partial charge in [0.25, 0.3) is 0 Å². The molecule has 1 aliphatic heterocycles. The lowest BCUT2D eigenvalue weighted by molar-refractivity contribution is 0.00578. The Labute approximate surface area is 134 Å². The first-order chi connectivity index (χ1) is 9.96. The van der Waals surface area contributed by atoms with Crippen molar-refractivity contribution in [3.8, 4) is 0 Å².